The van der Waals surface area contributed by atoms with Gasteiger partial charge in [-0.25, -0.2) is 0 Å². The van der Waals surface area contributed by atoms with Gasteiger partial charge >= 0.3 is 188 Å². The van der Waals surface area contributed by atoms with Crippen molar-refractivity contribution < 1.29 is 48.0 Å². The minimum atomic E-state index is -0.705. The van der Waals surface area contributed by atoms with Gasteiger partial charge in [-0.3, -0.25) is 0 Å². The third-order valence-electron chi connectivity index (χ3n) is 7.63. The maximum atomic E-state index is 2.47. The van der Waals surface area contributed by atoms with E-state index in [9.17, 15) is 0 Å². The number of halogens is 2. The first-order valence-corrected chi connectivity index (χ1v) is 17.8. The topological polar surface area (TPSA) is 0 Å². The van der Waals surface area contributed by atoms with Gasteiger partial charge in [-0.2, -0.15) is 0 Å². The Balaban J connectivity index is 0.000000584. The molecule has 0 spiro atoms. The minimum Gasteiger partial charge on any atom is -1.00 e. The van der Waals surface area contributed by atoms with E-state index in [4.69, 9.17) is 0 Å². The van der Waals surface area contributed by atoms with Crippen LogP contribution in [0.3, 0.4) is 0 Å². The molecule has 4 heteroatoms. The van der Waals surface area contributed by atoms with Crippen molar-refractivity contribution in [2.45, 2.75) is 78.3 Å². The SMILES string of the molecule is C1CC[SiH2]C1.CCc1ccc(C2=CC[C]([Zr+2][C]3=C(C)C(c4ccc(CC)cc4)=CC3)=C2C)cc1.[Cl-].[Cl-]. The van der Waals surface area contributed by atoms with Crippen molar-refractivity contribution in [1.29, 1.82) is 0 Å². The summed E-state index contributed by atoms with van der Waals surface area (Å²) in [5, 5.41) is 0. The second kappa shape index (κ2) is 15.5. The molecule has 0 bridgehead atoms. The normalized spacial score (nSPS) is 16.4. The van der Waals surface area contributed by atoms with Crippen molar-refractivity contribution in [1.82, 2.24) is 0 Å². The Hall–Kier alpha value is -0.920. The van der Waals surface area contributed by atoms with Gasteiger partial charge in [0.1, 0.15) is 0 Å². The number of hydrogen-bond acceptors (Lipinski definition) is 0. The van der Waals surface area contributed by atoms with Crippen LogP contribution in [0.4, 0.5) is 0 Å². The van der Waals surface area contributed by atoms with Gasteiger partial charge in [0.2, 0.25) is 0 Å². The van der Waals surface area contributed by atoms with Crippen LogP contribution in [0, 0.1) is 0 Å². The standard InChI is InChI=1S/2C14H15.C4H10Si.2ClH.Zr/c2*1-3-12-7-9-13(10-8-12)14-6-4-5-11(14)2;1-2-4-5-3-1;;;/h2*6-10H,3-4H2,1-2H3;1-5H2;2*1H;/q;;;;;+2/p-2. The van der Waals surface area contributed by atoms with E-state index in [-0.39, 0.29) is 24.8 Å². The average Bonchev–Trinajstić information content (AvgIpc) is 3.64. The van der Waals surface area contributed by atoms with E-state index in [1.165, 1.54) is 46.2 Å². The molecule has 1 aliphatic heterocycles. The van der Waals surface area contributed by atoms with Gasteiger partial charge in [0.05, 0.1) is 0 Å². The zero-order valence-electron chi connectivity index (χ0n) is 22.4. The maximum Gasteiger partial charge on any atom is -1.00 e. The van der Waals surface area contributed by atoms with Crippen LogP contribution >= 0.6 is 0 Å². The molecule has 1 fully saturated rings. The Kier molecular flexibility index (Phi) is 13.5. The summed E-state index contributed by atoms with van der Waals surface area (Å²) in [4.78, 5) is 0. The van der Waals surface area contributed by atoms with Gasteiger partial charge < -0.3 is 24.8 Å². The molecule has 1 saturated heterocycles. The third-order valence-corrected chi connectivity index (χ3v) is 14.0. The molecule has 0 unspecified atom stereocenters. The minimum absolute atomic E-state index is 0. The molecule has 0 nitrogen and oxygen atoms in total. The summed E-state index contributed by atoms with van der Waals surface area (Å²) < 4.78 is 3.52. The molecule has 0 atom stereocenters. The summed E-state index contributed by atoms with van der Waals surface area (Å²) in [6, 6.07) is 21.6. The predicted octanol–water partition coefficient (Wildman–Crippen LogP) is 2.51. The summed E-state index contributed by atoms with van der Waals surface area (Å²) in [5.41, 5.74) is 11.7. The van der Waals surface area contributed by atoms with Crippen LogP contribution in [0.5, 0.6) is 0 Å². The largest absolute Gasteiger partial charge is 1.00 e. The first-order chi connectivity index (χ1) is 16.6. The van der Waals surface area contributed by atoms with E-state index in [0.29, 0.717) is 9.52 Å². The monoisotopic (exact) mass is 612 g/mol. The van der Waals surface area contributed by atoms with Crippen LogP contribution in [-0.4, -0.2) is 9.52 Å². The molecule has 0 radical (unpaired) electrons. The Bertz CT molecular complexity index is 1020. The molecule has 0 N–H and O–H groups in total. The average molecular weight is 615 g/mol. The van der Waals surface area contributed by atoms with Gasteiger partial charge in [0.25, 0.3) is 0 Å². The fourth-order valence-corrected chi connectivity index (χ4v) is 10.5. The molecule has 3 aliphatic rings. The molecule has 1 heterocycles. The second-order valence-corrected chi connectivity index (χ2v) is 15.5. The van der Waals surface area contributed by atoms with Gasteiger partial charge in [-0.1, -0.05) is 24.9 Å². The Morgan fingerprint density at radius 3 is 1.33 bits per heavy atom. The Morgan fingerprint density at radius 1 is 0.639 bits per heavy atom. The molecular formula is C32H40Cl2SiZr. The summed E-state index contributed by atoms with van der Waals surface area (Å²) >= 11 is -0.705. The maximum absolute atomic E-state index is 2.47. The Labute approximate surface area is 246 Å². The first kappa shape index (κ1) is 31.3. The molecule has 2 aliphatic carbocycles. The quantitative estimate of drug-likeness (QED) is 0.439. The van der Waals surface area contributed by atoms with E-state index in [1.54, 1.807) is 42.6 Å². The van der Waals surface area contributed by atoms with Crippen molar-refractivity contribution in [2.24, 2.45) is 0 Å². The van der Waals surface area contributed by atoms with E-state index in [2.05, 4.69) is 88.4 Å². The second-order valence-electron chi connectivity index (χ2n) is 9.84. The number of benzene rings is 2. The van der Waals surface area contributed by atoms with Crippen LogP contribution in [0.25, 0.3) is 11.1 Å². The fourth-order valence-electron chi connectivity index (χ4n) is 5.21. The van der Waals surface area contributed by atoms with Crippen LogP contribution in [0.15, 0.2) is 78.4 Å². The summed E-state index contributed by atoms with van der Waals surface area (Å²) in [6.45, 7) is 9.15. The van der Waals surface area contributed by atoms with E-state index >= 15 is 0 Å². The molecular weight excluding hydrogens is 575 g/mol. The number of allylic oxidation sites excluding steroid dienone is 8. The van der Waals surface area contributed by atoms with Crippen LogP contribution in [0.1, 0.15) is 75.6 Å². The molecule has 0 saturated carbocycles. The summed E-state index contributed by atoms with van der Waals surface area (Å²) in [5.74, 6) is 0. The van der Waals surface area contributed by atoms with Crippen molar-refractivity contribution in [3.63, 3.8) is 0 Å². The van der Waals surface area contributed by atoms with Crippen molar-refractivity contribution >= 4 is 20.7 Å². The molecule has 2 aromatic carbocycles. The van der Waals surface area contributed by atoms with Crippen LogP contribution < -0.4 is 24.8 Å². The van der Waals surface area contributed by atoms with E-state index in [1.807, 2.05) is 0 Å². The van der Waals surface area contributed by atoms with E-state index < -0.39 is 23.2 Å². The Morgan fingerprint density at radius 2 is 1.03 bits per heavy atom. The van der Waals surface area contributed by atoms with Gasteiger partial charge in [-0.15, -0.1) is 0 Å². The fraction of sp³-hybridized carbons (Fsp3) is 0.375. The van der Waals surface area contributed by atoms with Crippen molar-refractivity contribution in [2.75, 3.05) is 0 Å². The predicted molar refractivity (Wildman–Crippen MR) is 150 cm³/mol. The zero-order valence-corrected chi connectivity index (χ0v) is 27.8. The number of rotatable bonds is 6. The van der Waals surface area contributed by atoms with Crippen molar-refractivity contribution in [3.05, 3.63) is 101 Å². The third kappa shape index (κ3) is 7.80. The zero-order chi connectivity index (χ0) is 23.9. The van der Waals surface area contributed by atoms with Gasteiger partial charge in [-0.05, 0) is 0 Å². The molecule has 2 aromatic rings. The molecule has 0 aromatic heterocycles. The molecule has 36 heavy (non-hydrogen) atoms. The van der Waals surface area contributed by atoms with Crippen molar-refractivity contribution in [3.8, 4) is 0 Å². The molecule has 5 rings (SSSR count). The smallest absolute Gasteiger partial charge is 1.00 e. The van der Waals surface area contributed by atoms with Gasteiger partial charge in [0.15, 0.2) is 0 Å². The summed E-state index contributed by atoms with van der Waals surface area (Å²) in [7, 11) is 0.543. The van der Waals surface area contributed by atoms with Crippen LogP contribution in [-0.2, 0) is 36.1 Å². The number of aryl methyl sites for hydroxylation is 2. The molecule has 190 valence electrons. The molecule has 0 amide bonds. The first-order valence-electron chi connectivity index (χ1n) is 13.4. The van der Waals surface area contributed by atoms with Crippen LogP contribution in [0.2, 0.25) is 12.1 Å². The van der Waals surface area contributed by atoms with Gasteiger partial charge in [0, 0.05) is 9.52 Å². The number of hydrogen-bond donors (Lipinski definition) is 0. The van der Waals surface area contributed by atoms with E-state index in [0.717, 1.165) is 12.8 Å². The summed E-state index contributed by atoms with van der Waals surface area (Å²) in [6.07, 6.45) is 12.6.